The van der Waals surface area contributed by atoms with Crippen molar-refractivity contribution in [3.63, 3.8) is 0 Å². The maximum Gasteiger partial charge on any atom is 0.407 e. The van der Waals surface area contributed by atoms with Crippen molar-refractivity contribution in [2.24, 2.45) is 0 Å². The van der Waals surface area contributed by atoms with Gasteiger partial charge in [-0.2, -0.15) is 0 Å². The Morgan fingerprint density at radius 1 is 1.00 bits per heavy atom. The fourth-order valence-corrected chi connectivity index (χ4v) is 3.51. The van der Waals surface area contributed by atoms with Crippen molar-refractivity contribution in [2.75, 3.05) is 13.2 Å². The average molecular weight is 398 g/mol. The number of aromatic nitrogens is 1. The first-order valence-corrected chi connectivity index (χ1v) is 9.40. The number of fused-ring (bicyclic) bond motifs is 3. The molecule has 6 nitrogen and oxygen atoms in total. The molecule has 30 heavy (non-hydrogen) atoms. The highest BCUT2D eigenvalue weighted by molar-refractivity contribution is 5.85. The molecule has 1 heterocycles. The Balaban J connectivity index is 1.32. The fourth-order valence-electron chi connectivity index (χ4n) is 3.51. The molecule has 0 aliphatic heterocycles. The largest absolute Gasteiger partial charge is 0.477 e. The zero-order chi connectivity index (χ0) is 20.9. The van der Waals surface area contributed by atoms with Crippen LogP contribution in [0.2, 0.25) is 0 Å². The number of pyridine rings is 1. The molecule has 1 aromatic heterocycles. The number of carbonyl (C=O) groups is 2. The van der Waals surface area contributed by atoms with Crippen LogP contribution in [-0.4, -0.2) is 35.3 Å². The number of carboxylic acids is 1. The van der Waals surface area contributed by atoms with E-state index in [0.29, 0.717) is 5.56 Å². The molecule has 2 aromatic carbocycles. The Bertz CT molecular complexity index is 1110. The lowest BCUT2D eigenvalue weighted by atomic mass is 9.98. The lowest BCUT2D eigenvalue weighted by Crippen LogP contribution is -2.26. The second-order valence-electron chi connectivity index (χ2n) is 6.72. The van der Waals surface area contributed by atoms with Crippen molar-refractivity contribution >= 4 is 12.1 Å². The minimum atomic E-state index is -1.09. The predicted octanol–water partition coefficient (Wildman–Crippen LogP) is 3.67. The summed E-state index contributed by atoms with van der Waals surface area (Å²) in [5.74, 6) is 4.52. The Labute approximate surface area is 173 Å². The van der Waals surface area contributed by atoms with Gasteiger partial charge in [0.25, 0.3) is 0 Å². The van der Waals surface area contributed by atoms with E-state index in [1.165, 1.54) is 23.4 Å². The molecular weight excluding hydrogens is 380 g/mol. The van der Waals surface area contributed by atoms with Crippen molar-refractivity contribution in [1.29, 1.82) is 0 Å². The average Bonchev–Trinajstić information content (AvgIpc) is 3.09. The van der Waals surface area contributed by atoms with Crippen molar-refractivity contribution in [3.8, 4) is 23.0 Å². The molecule has 1 aliphatic carbocycles. The number of carbonyl (C=O) groups excluding carboxylic acids is 1. The third kappa shape index (κ3) is 4.01. The van der Waals surface area contributed by atoms with Gasteiger partial charge in [-0.05, 0) is 34.4 Å². The van der Waals surface area contributed by atoms with Gasteiger partial charge in [0, 0.05) is 17.7 Å². The number of carboxylic acid groups (broad SMARTS) is 1. The quantitative estimate of drug-likeness (QED) is 0.655. The molecule has 0 atom stereocenters. The van der Waals surface area contributed by atoms with Gasteiger partial charge in [0.2, 0.25) is 0 Å². The zero-order valence-corrected chi connectivity index (χ0v) is 16.0. The van der Waals surface area contributed by atoms with E-state index in [4.69, 9.17) is 9.84 Å². The highest BCUT2D eigenvalue weighted by atomic mass is 16.5. The minimum absolute atomic E-state index is 0.00746. The molecule has 6 heteroatoms. The Morgan fingerprint density at radius 3 is 2.27 bits per heavy atom. The molecule has 0 saturated carbocycles. The number of benzene rings is 2. The molecule has 4 rings (SSSR count). The first kappa shape index (κ1) is 19.2. The Morgan fingerprint density at radius 2 is 1.67 bits per heavy atom. The first-order valence-electron chi connectivity index (χ1n) is 9.40. The highest BCUT2D eigenvalue weighted by Crippen LogP contribution is 2.44. The summed E-state index contributed by atoms with van der Waals surface area (Å²) in [6.07, 6.45) is 0.842. The van der Waals surface area contributed by atoms with Gasteiger partial charge < -0.3 is 15.2 Å². The second-order valence-corrected chi connectivity index (χ2v) is 6.72. The van der Waals surface area contributed by atoms with Gasteiger partial charge >= 0.3 is 12.1 Å². The Kier molecular flexibility index (Phi) is 5.44. The SMILES string of the molecule is O=C(NCC#Cc1ccc(C(=O)O)nc1)OCC1c2ccccc2-c2ccccc21. The van der Waals surface area contributed by atoms with Crippen LogP contribution in [0.3, 0.4) is 0 Å². The molecule has 0 bridgehead atoms. The predicted molar refractivity (Wildman–Crippen MR) is 111 cm³/mol. The summed E-state index contributed by atoms with van der Waals surface area (Å²) in [6.45, 7) is 0.352. The molecule has 1 aliphatic rings. The molecule has 3 aromatic rings. The number of nitrogens with one attached hydrogen (secondary N) is 1. The van der Waals surface area contributed by atoms with Gasteiger partial charge in [0.15, 0.2) is 0 Å². The van der Waals surface area contributed by atoms with Crippen LogP contribution >= 0.6 is 0 Å². The fraction of sp³-hybridized carbons (Fsp3) is 0.125. The van der Waals surface area contributed by atoms with Crippen molar-refractivity contribution in [2.45, 2.75) is 5.92 Å². The second kappa shape index (κ2) is 8.50. The molecular formula is C24H18N2O4. The van der Waals surface area contributed by atoms with Gasteiger partial charge in [-0.3, -0.25) is 0 Å². The van der Waals surface area contributed by atoms with Crippen LogP contribution in [0.1, 0.15) is 33.1 Å². The van der Waals surface area contributed by atoms with Crippen molar-refractivity contribution in [1.82, 2.24) is 10.3 Å². The number of amides is 1. The van der Waals surface area contributed by atoms with Crippen molar-refractivity contribution < 1.29 is 19.4 Å². The normalized spacial score (nSPS) is 11.6. The maximum absolute atomic E-state index is 12.1. The lowest BCUT2D eigenvalue weighted by Gasteiger charge is -2.14. The van der Waals surface area contributed by atoms with Gasteiger partial charge in [-0.25, -0.2) is 14.6 Å². The van der Waals surface area contributed by atoms with E-state index in [1.54, 1.807) is 6.07 Å². The van der Waals surface area contributed by atoms with Crippen molar-refractivity contribution in [3.05, 3.63) is 89.2 Å². The van der Waals surface area contributed by atoms with Gasteiger partial charge in [0.05, 0.1) is 6.54 Å². The zero-order valence-electron chi connectivity index (χ0n) is 16.0. The molecule has 0 radical (unpaired) electrons. The topological polar surface area (TPSA) is 88.5 Å². The van der Waals surface area contributed by atoms with Gasteiger partial charge in [-0.15, -0.1) is 0 Å². The number of aromatic carboxylic acids is 1. The number of hydrogen-bond acceptors (Lipinski definition) is 4. The van der Waals surface area contributed by atoms with Crippen LogP contribution in [-0.2, 0) is 4.74 Å². The van der Waals surface area contributed by atoms with Crippen LogP contribution in [0, 0.1) is 11.8 Å². The summed E-state index contributed by atoms with van der Waals surface area (Å²) in [6, 6.07) is 19.2. The van der Waals surface area contributed by atoms with E-state index in [2.05, 4.69) is 46.4 Å². The smallest absolute Gasteiger partial charge is 0.407 e. The van der Waals surface area contributed by atoms with Gasteiger partial charge in [-0.1, -0.05) is 60.4 Å². The van der Waals surface area contributed by atoms with E-state index < -0.39 is 12.1 Å². The molecule has 2 N–H and O–H groups in total. The molecule has 148 valence electrons. The minimum Gasteiger partial charge on any atom is -0.477 e. The van der Waals surface area contributed by atoms with Crippen LogP contribution in [0.15, 0.2) is 66.9 Å². The van der Waals surface area contributed by atoms with Gasteiger partial charge in [0.1, 0.15) is 12.3 Å². The van der Waals surface area contributed by atoms with Crippen LogP contribution in [0.4, 0.5) is 4.79 Å². The van der Waals surface area contributed by atoms with E-state index in [1.807, 2.05) is 24.3 Å². The van der Waals surface area contributed by atoms with E-state index in [-0.39, 0.29) is 24.8 Å². The van der Waals surface area contributed by atoms with E-state index >= 15 is 0 Å². The van der Waals surface area contributed by atoms with Crippen LogP contribution < -0.4 is 5.32 Å². The number of hydrogen-bond donors (Lipinski definition) is 2. The summed E-state index contributed by atoms with van der Waals surface area (Å²) in [7, 11) is 0. The third-order valence-electron chi connectivity index (χ3n) is 4.88. The first-order chi connectivity index (χ1) is 14.6. The number of rotatable bonds is 4. The standard InChI is InChI=1S/C24H18N2O4/c27-23(28)22-12-11-16(14-26-22)6-5-13-25-24(29)30-15-21-19-9-3-1-7-17(19)18-8-2-4-10-20(18)21/h1-4,7-12,14,21H,13,15H2,(H,25,29)(H,27,28). The van der Waals surface area contributed by atoms with E-state index in [9.17, 15) is 9.59 Å². The Hall–Kier alpha value is -4.11. The molecule has 0 saturated heterocycles. The molecule has 0 fully saturated rings. The number of alkyl carbamates (subject to hydrolysis) is 1. The summed E-state index contributed by atoms with van der Waals surface area (Å²) in [4.78, 5) is 26.6. The van der Waals surface area contributed by atoms with E-state index in [0.717, 1.165) is 11.1 Å². The third-order valence-corrected chi connectivity index (χ3v) is 4.88. The molecule has 0 spiro atoms. The van der Waals surface area contributed by atoms with Crippen LogP contribution in [0.5, 0.6) is 0 Å². The number of ether oxygens (including phenoxy) is 1. The van der Waals surface area contributed by atoms with Crippen LogP contribution in [0.25, 0.3) is 11.1 Å². The summed E-state index contributed by atoms with van der Waals surface area (Å²) in [5.41, 5.74) is 5.19. The lowest BCUT2D eigenvalue weighted by molar-refractivity contribution is 0.0690. The summed E-state index contributed by atoms with van der Waals surface area (Å²) < 4.78 is 5.44. The number of nitrogens with zero attached hydrogens (tertiary/aromatic N) is 1. The molecule has 0 unspecified atom stereocenters. The highest BCUT2D eigenvalue weighted by Gasteiger charge is 2.28. The maximum atomic E-state index is 12.1. The monoisotopic (exact) mass is 398 g/mol. The summed E-state index contributed by atoms with van der Waals surface area (Å²) >= 11 is 0. The molecule has 1 amide bonds. The summed E-state index contributed by atoms with van der Waals surface area (Å²) in [5, 5.41) is 11.4.